The average Bonchev–Trinajstić information content (AvgIpc) is 2.41. The van der Waals surface area contributed by atoms with Crippen molar-refractivity contribution in [3.05, 3.63) is 58.6 Å². The molecule has 2 N–H and O–H groups in total. The molecule has 0 radical (unpaired) electrons. The van der Waals surface area contributed by atoms with Gasteiger partial charge in [0.15, 0.2) is 0 Å². The predicted molar refractivity (Wildman–Crippen MR) is 80.3 cm³/mol. The summed E-state index contributed by atoms with van der Waals surface area (Å²) in [4.78, 5) is 12.1. The summed E-state index contributed by atoms with van der Waals surface area (Å²) in [7, 11) is 0. The topological polar surface area (TPSA) is 41.1 Å². The van der Waals surface area contributed by atoms with Crippen molar-refractivity contribution in [3.8, 4) is 0 Å². The summed E-state index contributed by atoms with van der Waals surface area (Å²) < 4.78 is 0.954. The number of benzene rings is 2. The Labute approximate surface area is 120 Å². The molecule has 3 rings (SSSR count). The fraction of sp³-hybridized carbons (Fsp3) is 0.133. The summed E-state index contributed by atoms with van der Waals surface area (Å²) in [6.45, 7) is 0. The standard InChI is InChI=1S/C15H13BrN2O/c16-11-6-7-12-13(9-11)18-15(19)14(17-12)8-10-4-2-1-3-5-10/h1-7,9,14,17H,8H2,(H,18,19). The third-order valence-electron chi connectivity index (χ3n) is 3.17. The molecule has 1 amide bonds. The molecule has 19 heavy (non-hydrogen) atoms. The van der Waals surface area contributed by atoms with Crippen molar-refractivity contribution in [3.63, 3.8) is 0 Å². The molecule has 1 aliphatic heterocycles. The van der Waals surface area contributed by atoms with E-state index in [1.165, 1.54) is 0 Å². The second-order valence-electron chi connectivity index (χ2n) is 4.57. The third-order valence-corrected chi connectivity index (χ3v) is 3.66. The number of carbonyl (C=O) groups excluding carboxylic acids is 1. The van der Waals surface area contributed by atoms with E-state index in [-0.39, 0.29) is 11.9 Å². The summed E-state index contributed by atoms with van der Waals surface area (Å²) in [6, 6.07) is 15.6. The largest absolute Gasteiger partial charge is 0.372 e. The van der Waals surface area contributed by atoms with Gasteiger partial charge in [-0.2, -0.15) is 0 Å². The monoisotopic (exact) mass is 316 g/mol. The molecular weight excluding hydrogens is 304 g/mol. The minimum atomic E-state index is -0.226. The molecule has 0 aromatic heterocycles. The number of nitrogens with one attached hydrogen (secondary N) is 2. The Kier molecular flexibility index (Phi) is 3.25. The molecule has 0 fully saturated rings. The number of halogens is 1. The lowest BCUT2D eigenvalue weighted by molar-refractivity contribution is -0.117. The summed E-state index contributed by atoms with van der Waals surface area (Å²) in [5, 5.41) is 6.23. The zero-order chi connectivity index (χ0) is 13.2. The van der Waals surface area contributed by atoms with Crippen LogP contribution < -0.4 is 10.6 Å². The van der Waals surface area contributed by atoms with Gasteiger partial charge < -0.3 is 10.6 Å². The van der Waals surface area contributed by atoms with Crippen LogP contribution in [0.5, 0.6) is 0 Å². The molecule has 4 heteroatoms. The van der Waals surface area contributed by atoms with Gasteiger partial charge in [0.05, 0.1) is 11.4 Å². The number of hydrogen-bond acceptors (Lipinski definition) is 2. The van der Waals surface area contributed by atoms with Crippen LogP contribution in [0.1, 0.15) is 5.56 Å². The molecule has 3 nitrogen and oxygen atoms in total. The van der Waals surface area contributed by atoms with E-state index in [9.17, 15) is 4.79 Å². The second-order valence-corrected chi connectivity index (χ2v) is 5.48. The highest BCUT2D eigenvalue weighted by Gasteiger charge is 2.25. The van der Waals surface area contributed by atoms with Crippen LogP contribution in [-0.2, 0) is 11.2 Å². The van der Waals surface area contributed by atoms with Gasteiger partial charge >= 0.3 is 0 Å². The Morgan fingerprint density at radius 3 is 2.63 bits per heavy atom. The van der Waals surface area contributed by atoms with E-state index in [1.807, 2.05) is 48.5 Å². The molecule has 0 saturated carbocycles. The molecule has 0 spiro atoms. The average molecular weight is 317 g/mol. The summed E-state index contributed by atoms with van der Waals surface area (Å²) >= 11 is 3.40. The molecule has 2 aromatic rings. The van der Waals surface area contributed by atoms with Crippen LogP contribution in [0.3, 0.4) is 0 Å². The first-order valence-corrected chi connectivity index (χ1v) is 6.92. The molecule has 0 aliphatic carbocycles. The van der Waals surface area contributed by atoms with Gasteiger partial charge in [-0.15, -0.1) is 0 Å². The summed E-state index contributed by atoms with van der Waals surface area (Å²) in [6.07, 6.45) is 0.683. The number of anilines is 2. The fourth-order valence-corrected chi connectivity index (χ4v) is 2.57. The van der Waals surface area contributed by atoms with Crippen molar-refractivity contribution < 1.29 is 4.79 Å². The zero-order valence-electron chi connectivity index (χ0n) is 10.2. The number of hydrogen-bond donors (Lipinski definition) is 2. The first-order chi connectivity index (χ1) is 9.22. The molecule has 1 heterocycles. The highest BCUT2D eigenvalue weighted by atomic mass is 79.9. The van der Waals surface area contributed by atoms with E-state index >= 15 is 0 Å². The van der Waals surface area contributed by atoms with Crippen LogP contribution in [-0.4, -0.2) is 11.9 Å². The molecule has 0 saturated heterocycles. The lowest BCUT2D eigenvalue weighted by atomic mass is 10.0. The van der Waals surface area contributed by atoms with Crippen molar-refractivity contribution in [1.29, 1.82) is 0 Å². The Hall–Kier alpha value is -1.81. The van der Waals surface area contributed by atoms with Crippen LogP contribution in [0, 0.1) is 0 Å². The van der Waals surface area contributed by atoms with Gasteiger partial charge in [0.1, 0.15) is 6.04 Å². The molecule has 2 aromatic carbocycles. The van der Waals surface area contributed by atoms with Gasteiger partial charge in [0.25, 0.3) is 0 Å². The van der Waals surface area contributed by atoms with E-state index in [4.69, 9.17) is 0 Å². The summed E-state index contributed by atoms with van der Waals surface area (Å²) in [5.41, 5.74) is 2.93. The number of rotatable bonds is 2. The molecule has 0 bridgehead atoms. The van der Waals surface area contributed by atoms with Crippen molar-refractivity contribution in [1.82, 2.24) is 0 Å². The quantitative estimate of drug-likeness (QED) is 0.891. The maximum Gasteiger partial charge on any atom is 0.247 e. The molecule has 1 aliphatic rings. The first-order valence-electron chi connectivity index (χ1n) is 6.13. The molecule has 1 atom stereocenters. The Morgan fingerprint density at radius 1 is 1.05 bits per heavy atom. The fourth-order valence-electron chi connectivity index (χ4n) is 2.21. The van der Waals surface area contributed by atoms with E-state index in [0.29, 0.717) is 6.42 Å². The number of carbonyl (C=O) groups is 1. The van der Waals surface area contributed by atoms with Gasteiger partial charge in [-0.25, -0.2) is 0 Å². The van der Waals surface area contributed by atoms with Gasteiger partial charge in [0.2, 0.25) is 5.91 Å². The number of amides is 1. The Morgan fingerprint density at radius 2 is 1.84 bits per heavy atom. The van der Waals surface area contributed by atoms with Crippen molar-refractivity contribution >= 4 is 33.2 Å². The maximum absolute atomic E-state index is 12.1. The minimum Gasteiger partial charge on any atom is -0.372 e. The predicted octanol–water partition coefficient (Wildman–Crippen LogP) is 3.42. The minimum absolute atomic E-state index is 0.00875. The van der Waals surface area contributed by atoms with Crippen LogP contribution in [0.15, 0.2) is 53.0 Å². The molecule has 1 unspecified atom stereocenters. The second kappa shape index (κ2) is 5.05. The maximum atomic E-state index is 12.1. The van der Waals surface area contributed by atoms with E-state index < -0.39 is 0 Å². The van der Waals surface area contributed by atoms with E-state index in [0.717, 1.165) is 21.4 Å². The third kappa shape index (κ3) is 2.63. The Bertz CT molecular complexity index is 613. The van der Waals surface area contributed by atoms with Gasteiger partial charge in [-0.1, -0.05) is 46.3 Å². The SMILES string of the molecule is O=C1Nc2cc(Br)ccc2NC1Cc1ccccc1. The normalized spacial score (nSPS) is 17.3. The zero-order valence-corrected chi connectivity index (χ0v) is 11.8. The van der Waals surface area contributed by atoms with Crippen LogP contribution in [0.4, 0.5) is 11.4 Å². The highest BCUT2D eigenvalue weighted by molar-refractivity contribution is 9.10. The van der Waals surface area contributed by atoms with Crippen molar-refractivity contribution in [2.45, 2.75) is 12.5 Å². The van der Waals surface area contributed by atoms with Crippen molar-refractivity contribution in [2.75, 3.05) is 10.6 Å². The lowest BCUT2D eigenvalue weighted by Gasteiger charge is -2.27. The van der Waals surface area contributed by atoms with E-state index in [2.05, 4.69) is 26.6 Å². The van der Waals surface area contributed by atoms with Crippen LogP contribution in [0.25, 0.3) is 0 Å². The van der Waals surface area contributed by atoms with Crippen LogP contribution >= 0.6 is 15.9 Å². The molecule has 96 valence electrons. The molecular formula is C15H13BrN2O. The van der Waals surface area contributed by atoms with Gasteiger partial charge in [0, 0.05) is 10.9 Å². The van der Waals surface area contributed by atoms with Gasteiger partial charge in [-0.3, -0.25) is 4.79 Å². The Balaban J connectivity index is 1.82. The summed E-state index contributed by atoms with van der Waals surface area (Å²) in [5.74, 6) is 0.00875. The van der Waals surface area contributed by atoms with Crippen molar-refractivity contribution in [2.24, 2.45) is 0 Å². The lowest BCUT2D eigenvalue weighted by Crippen LogP contribution is -2.40. The van der Waals surface area contributed by atoms with E-state index in [1.54, 1.807) is 0 Å². The number of fused-ring (bicyclic) bond motifs is 1. The highest BCUT2D eigenvalue weighted by Crippen LogP contribution is 2.30. The first kappa shape index (κ1) is 12.2. The van der Waals surface area contributed by atoms with Crippen LogP contribution in [0.2, 0.25) is 0 Å². The van der Waals surface area contributed by atoms with Gasteiger partial charge in [-0.05, 0) is 23.8 Å². The smallest absolute Gasteiger partial charge is 0.247 e.